The average Bonchev–Trinajstić information content (AvgIpc) is 3.76. The van der Waals surface area contributed by atoms with E-state index in [2.05, 4.69) is 164 Å². The van der Waals surface area contributed by atoms with Crippen LogP contribution in [0.2, 0.25) is 0 Å². The van der Waals surface area contributed by atoms with E-state index in [1.54, 1.807) is 0 Å². The van der Waals surface area contributed by atoms with Crippen LogP contribution in [0.5, 0.6) is 0 Å². The van der Waals surface area contributed by atoms with Crippen molar-refractivity contribution in [3.05, 3.63) is 218 Å². The predicted octanol–water partition coefficient (Wildman–Crippen LogP) is 14.5. The molecule has 0 aliphatic carbocycles. The molecule has 0 aliphatic rings. The van der Waals surface area contributed by atoms with Crippen LogP contribution < -0.4 is 0 Å². The summed E-state index contributed by atoms with van der Waals surface area (Å²) in [5, 5.41) is 1.94. The van der Waals surface area contributed by atoms with Crippen molar-refractivity contribution in [3.63, 3.8) is 0 Å². The summed E-state index contributed by atoms with van der Waals surface area (Å²) in [5.41, 5.74) is 13.9. The zero-order chi connectivity index (χ0) is 40.5. The molecule has 5 heteroatoms. The van der Waals surface area contributed by atoms with E-state index in [0.717, 1.165) is 94.5 Å². The summed E-state index contributed by atoms with van der Waals surface area (Å²) in [4.78, 5) is 20.3. The van der Waals surface area contributed by atoms with Gasteiger partial charge < -0.3 is 4.42 Å². The molecule has 61 heavy (non-hydrogen) atoms. The number of benzene rings is 8. The standard InChI is InChI=1S/C56H36N4O/c1-6-16-37(17-7-1)38-26-30-44(31-27-38)55-58-54(43-24-14-5-15-25-43)59-56(60-55)45-32-28-39(29-33-45)46-34-35-48-47(36-46)53-50(51(57-48)41-20-10-3-11-21-41)49(40-18-8-2-9-19-40)52(61-53)42-22-12-4-13-23-42/h1-36H. The molecule has 0 saturated heterocycles. The molecular weight excluding hydrogens is 745 g/mol. The second-order valence-corrected chi connectivity index (χ2v) is 15.0. The summed E-state index contributed by atoms with van der Waals surface area (Å²) < 4.78 is 7.04. The molecule has 11 aromatic rings. The second kappa shape index (κ2) is 15.5. The number of pyridine rings is 1. The Bertz CT molecular complexity index is 3300. The smallest absolute Gasteiger partial charge is 0.164 e. The average molecular weight is 781 g/mol. The number of aromatic nitrogens is 4. The lowest BCUT2D eigenvalue weighted by atomic mass is 9.94. The summed E-state index contributed by atoms with van der Waals surface area (Å²) in [7, 11) is 0. The molecule has 8 aromatic carbocycles. The summed E-state index contributed by atoms with van der Waals surface area (Å²) in [5.74, 6) is 2.68. The highest BCUT2D eigenvalue weighted by Crippen LogP contribution is 2.47. The van der Waals surface area contributed by atoms with Gasteiger partial charge in [-0.25, -0.2) is 19.9 Å². The van der Waals surface area contributed by atoms with Crippen LogP contribution in [-0.2, 0) is 0 Å². The first-order valence-corrected chi connectivity index (χ1v) is 20.4. The largest absolute Gasteiger partial charge is 0.455 e. The lowest BCUT2D eigenvalue weighted by molar-refractivity contribution is 0.636. The monoisotopic (exact) mass is 780 g/mol. The molecule has 0 bridgehead atoms. The Kier molecular flexibility index (Phi) is 9.10. The zero-order valence-electron chi connectivity index (χ0n) is 33.0. The van der Waals surface area contributed by atoms with Gasteiger partial charge in [-0.2, -0.15) is 0 Å². The van der Waals surface area contributed by atoms with Gasteiger partial charge in [-0.05, 0) is 39.9 Å². The van der Waals surface area contributed by atoms with Crippen LogP contribution in [0.4, 0.5) is 0 Å². The van der Waals surface area contributed by atoms with E-state index in [9.17, 15) is 0 Å². The van der Waals surface area contributed by atoms with Gasteiger partial charge in [0.15, 0.2) is 17.5 Å². The van der Waals surface area contributed by atoms with Gasteiger partial charge in [0.1, 0.15) is 11.3 Å². The highest BCUT2D eigenvalue weighted by Gasteiger charge is 2.24. The van der Waals surface area contributed by atoms with Gasteiger partial charge in [0.25, 0.3) is 0 Å². The van der Waals surface area contributed by atoms with Gasteiger partial charge in [-0.3, -0.25) is 0 Å². The first-order chi connectivity index (χ1) is 30.2. The Hall–Kier alpha value is -8.28. The molecule has 11 rings (SSSR count). The van der Waals surface area contributed by atoms with Crippen molar-refractivity contribution in [2.24, 2.45) is 0 Å². The van der Waals surface area contributed by atoms with Crippen molar-refractivity contribution in [2.75, 3.05) is 0 Å². The van der Waals surface area contributed by atoms with E-state index in [-0.39, 0.29) is 0 Å². The summed E-state index contributed by atoms with van der Waals surface area (Å²) >= 11 is 0. The van der Waals surface area contributed by atoms with Crippen LogP contribution in [0.15, 0.2) is 223 Å². The van der Waals surface area contributed by atoms with Crippen molar-refractivity contribution < 1.29 is 4.42 Å². The van der Waals surface area contributed by atoms with E-state index in [4.69, 9.17) is 24.4 Å². The normalized spacial score (nSPS) is 11.3. The third kappa shape index (κ3) is 6.84. The molecule has 0 amide bonds. The Morgan fingerprint density at radius 1 is 0.295 bits per heavy atom. The van der Waals surface area contributed by atoms with Crippen LogP contribution in [0.1, 0.15) is 0 Å². The fourth-order valence-corrected chi connectivity index (χ4v) is 8.10. The van der Waals surface area contributed by atoms with E-state index >= 15 is 0 Å². The first-order valence-electron chi connectivity index (χ1n) is 20.4. The minimum Gasteiger partial charge on any atom is -0.455 e. The molecule has 5 nitrogen and oxygen atoms in total. The molecule has 0 radical (unpaired) electrons. The number of nitrogens with zero attached hydrogens (tertiary/aromatic N) is 4. The van der Waals surface area contributed by atoms with Crippen LogP contribution in [-0.4, -0.2) is 19.9 Å². The Balaban J connectivity index is 1.02. The van der Waals surface area contributed by atoms with Gasteiger partial charge in [0.05, 0.1) is 16.6 Å². The Morgan fingerprint density at radius 2 is 0.672 bits per heavy atom. The lowest BCUT2D eigenvalue weighted by Crippen LogP contribution is -2.00. The van der Waals surface area contributed by atoms with Crippen molar-refractivity contribution >= 4 is 21.9 Å². The van der Waals surface area contributed by atoms with Crippen LogP contribution in [0.3, 0.4) is 0 Å². The number of hydrogen-bond donors (Lipinski definition) is 0. The summed E-state index contributed by atoms with van der Waals surface area (Å²) in [6.07, 6.45) is 0. The van der Waals surface area contributed by atoms with Crippen molar-refractivity contribution in [1.82, 2.24) is 19.9 Å². The van der Waals surface area contributed by atoms with Crippen LogP contribution >= 0.6 is 0 Å². The van der Waals surface area contributed by atoms with Crippen molar-refractivity contribution in [3.8, 4) is 90.1 Å². The number of rotatable bonds is 8. The molecule has 0 aliphatic heterocycles. The molecule has 0 fully saturated rings. The summed E-state index contributed by atoms with van der Waals surface area (Å²) in [6.45, 7) is 0. The quantitative estimate of drug-likeness (QED) is 0.154. The van der Waals surface area contributed by atoms with E-state index < -0.39 is 0 Å². The van der Waals surface area contributed by atoms with E-state index in [1.807, 2.05) is 54.6 Å². The SMILES string of the molecule is c1ccc(-c2ccc(-c3nc(-c4ccccc4)nc(-c4ccc(-c5ccc6nc(-c7ccccc7)c7c(-c8ccccc8)c(-c8ccccc8)oc7c6c5)cc4)n3)cc2)cc1. The lowest BCUT2D eigenvalue weighted by Gasteiger charge is -2.11. The fourth-order valence-electron chi connectivity index (χ4n) is 8.10. The number of hydrogen-bond acceptors (Lipinski definition) is 5. The van der Waals surface area contributed by atoms with Crippen molar-refractivity contribution in [2.45, 2.75) is 0 Å². The maximum absolute atomic E-state index is 7.04. The van der Waals surface area contributed by atoms with E-state index in [0.29, 0.717) is 17.5 Å². The molecule has 0 unspecified atom stereocenters. The van der Waals surface area contributed by atoms with Crippen LogP contribution in [0.25, 0.3) is 112 Å². The molecule has 0 spiro atoms. The molecule has 0 N–H and O–H groups in total. The Labute approximate surface area is 353 Å². The fraction of sp³-hybridized carbons (Fsp3) is 0. The molecule has 0 saturated carbocycles. The highest BCUT2D eigenvalue weighted by atomic mass is 16.3. The minimum atomic E-state index is 0.609. The number of fused-ring (bicyclic) bond motifs is 3. The maximum Gasteiger partial charge on any atom is 0.164 e. The van der Waals surface area contributed by atoms with Gasteiger partial charge in [0, 0.05) is 38.8 Å². The van der Waals surface area contributed by atoms with Crippen LogP contribution in [0, 0.1) is 0 Å². The Morgan fingerprint density at radius 3 is 1.20 bits per heavy atom. The van der Waals surface area contributed by atoms with Gasteiger partial charge in [-0.1, -0.05) is 206 Å². The molecule has 0 atom stereocenters. The topological polar surface area (TPSA) is 64.7 Å². The molecule has 3 aromatic heterocycles. The molecule has 3 heterocycles. The van der Waals surface area contributed by atoms with Gasteiger partial charge in [-0.15, -0.1) is 0 Å². The third-order valence-electron chi connectivity index (χ3n) is 11.2. The highest BCUT2D eigenvalue weighted by molar-refractivity contribution is 6.17. The zero-order valence-corrected chi connectivity index (χ0v) is 33.0. The number of furan rings is 1. The second-order valence-electron chi connectivity index (χ2n) is 15.0. The molecular formula is C56H36N4O. The molecule has 286 valence electrons. The maximum atomic E-state index is 7.04. The minimum absolute atomic E-state index is 0.609. The van der Waals surface area contributed by atoms with Gasteiger partial charge >= 0.3 is 0 Å². The predicted molar refractivity (Wildman–Crippen MR) is 248 cm³/mol. The third-order valence-corrected chi connectivity index (χ3v) is 11.2. The summed E-state index contributed by atoms with van der Waals surface area (Å²) in [6, 6.07) is 75.0. The van der Waals surface area contributed by atoms with Crippen molar-refractivity contribution in [1.29, 1.82) is 0 Å². The first kappa shape index (κ1) is 35.8. The van der Waals surface area contributed by atoms with Gasteiger partial charge in [0.2, 0.25) is 0 Å². The van der Waals surface area contributed by atoms with E-state index in [1.165, 1.54) is 0 Å².